The molecule has 6 nitrogen and oxygen atoms in total. The van der Waals surface area contributed by atoms with Crippen molar-refractivity contribution in [2.75, 3.05) is 26.7 Å². The highest BCUT2D eigenvalue weighted by Crippen LogP contribution is 2.29. The first-order valence-electron chi connectivity index (χ1n) is 9.99. The molecule has 1 unspecified atom stereocenters. The van der Waals surface area contributed by atoms with Crippen LogP contribution in [0, 0.1) is 0 Å². The molecule has 1 amide bonds. The third-order valence-corrected chi connectivity index (χ3v) is 4.95. The summed E-state index contributed by atoms with van der Waals surface area (Å²) in [4.78, 5) is 15.1. The van der Waals surface area contributed by atoms with Gasteiger partial charge in [0, 0.05) is 12.1 Å². The Morgan fingerprint density at radius 1 is 1.18 bits per heavy atom. The number of nitrogens with zero attached hydrogens (tertiary/aromatic N) is 1. The molecular formula is C22H30N2O4. The van der Waals surface area contributed by atoms with Crippen LogP contribution >= 0.6 is 0 Å². The van der Waals surface area contributed by atoms with Crippen molar-refractivity contribution in [2.24, 2.45) is 0 Å². The number of furan rings is 1. The van der Waals surface area contributed by atoms with Crippen LogP contribution in [-0.2, 0) is 0 Å². The lowest BCUT2D eigenvalue weighted by atomic mass is 10.1. The molecule has 1 aromatic heterocycles. The molecule has 0 aliphatic carbocycles. The van der Waals surface area contributed by atoms with E-state index < -0.39 is 0 Å². The van der Waals surface area contributed by atoms with Crippen LogP contribution < -0.4 is 14.8 Å². The zero-order valence-electron chi connectivity index (χ0n) is 16.9. The van der Waals surface area contributed by atoms with Crippen molar-refractivity contribution >= 4 is 5.91 Å². The first-order chi connectivity index (χ1) is 13.6. The Morgan fingerprint density at radius 3 is 2.61 bits per heavy atom. The summed E-state index contributed by atoms with van der Waals surface area (Å²) < 4.78 is 16.8. The van der Waals surface area contributed by atoms with Crippen LogP contribution in [0.5, 0.6) is 11.5 Å². The highest BCUT2D eigenvalue weighted by Gasteiger charge is 2.25. The van der Waals surface area contributed by atoms with E-state index in [-0.39, 0.29) is 18.1 Å². The van der Waals surface area contributed by atoms with E-state index in [1.165, 1.54) is 19.3 Å². The molecule has 1 atom stereocenters. The van der Waals surface area contributed by atoms with Gasteiger partial charge < -0.3 is 19.2 Å². The zero-order valence-corrected chi connectivity index (χ0v) is 16.9. The van der Waals surface area contributed by atoms with Crippen LogP contribution in [-0.4, -0.2) is 43.7 Å². The average molecular weight is 386 g/mol. The fourth-order valence-electron chi connectivity index (χ4n) is 3.57. The molecule has 0 bridgehead atoms. The van der Waals surface area contributed by atoms with Gasteiger partial charge in [0.2, 0.25) is 0 Å². The van der Waals surface area contributed by atoms with E-state index in [0.717, 1.165) is 18.8 Å². The van der Waals surface area contributed by atoms with Gasteiger partial charge in [0.1, 0.15) is 5.76 Å². The summed E-state index contributed by atoms with van der Waals surface area (Å²) in [5.74, 6) is 1.94. The van der Waals surface area contributed by atoms with Gasteiger partial charge in [-0.2, -0.15) is 0 Å². The number of methoxy groups -OCH3 is 1. The van der Waals surface area contributed by atoms with Crippen LogP contribution in [0.15, 0.2) is 41.0 Å². The Labute approximate surface area is 166 Å². The van der Waals surface area contributed by atoms with Crippen LogP contribution in [0.4, 0.5) is 0 Å². The van der Waals surface area contributed by atoms with E-state index in [0.29, 0.717) is 23.6 Å². The lowest BCUT2D eigenvalue weighted by Gasteiger charge is -2.33. The molecule has 6 heteroatoms. The van der Waals surface area contributed by atoms with Gasteiger partial charge in [0.05, 0.1) is 25.5 Å². The first-order valence-corrected chi connectivity index (χ1v) is 9.99. The molecule has 2 aromatic rings. The van der Waals surface area contributed by atoms with Gasteiger partial charge in [-0.15, -0.1) is 0 Å². The van der Waals surface area contributed by atoms with E-state index >= 15 is 0 Å². The number of rotatable bonds is 8. The third kappa shape index (κ3) is 5.07. The van der Waals surface area contributed by atoms with Crippen LogP contribution in [0.2, 0.25) is 0 Å². The summed E-state index contributed by atoms with van der Waals surface area (Å²) in [6, 6.07) is 9.18. The maximum atomic E-state index is 12.7. The maximum Gasteiger partial charge on any atom is 0.251 e. The van der Waals surface area contributed by atoms with Gasteiger partial charge in [-0.1, -0.05) is 6.42 Å². The predicted molar refractivity (Wildman–Crippen MR) is 108 cm³/mol. The van der Waals surface area contributed by atoms with E-state index in [1.54, 1.807) is 31.6 Å². The van der Waals surface area contributed by atoms with Crippen LogP contribution in [0.1, 0.15) is 55.3 Å². The van der Waals surface area contributed by atoms with E-state index in [9.17, 15) is 4.79 Å². The van der Waals surface area contributed by atoms with E-state index in [2.05, 4.69) is 10.2 Å². The molecule has 1 aromatic carbocycles. The molecule has 2 heterocycles. The van der Waals surface area contributed by atoms with Gasteiger partial charge in [-0.05, 0) is 70.1 Å². The Kier molecular flexibility index (Phi) is 6.98. The molecule has 1 saturated heterocycles. The number of hydrogen-bond acceptors (Lipinski definition) is 5. The molecule has 0 radical (unpaired) electrons. The molecule has 152 valence electrons. The summed E-state index contributed by atoms with van der Waals surface area (Å²) in [5, 5.41) is 3.06. The quantitative estimate of drug-likeness (QED) is 0.742. The summed E-state index contributed by atoms with van der Waals surface area (Å²) >= 11 is 0. The van der Waals surface area contributed by atoms with Gasteiger partial charge in [0.25, 0.3) is 5.91 Å². The minimum Gasteiger partial charge on any atom is -0.493 e. The number of amides is 1. The van der Waals surface area contributed by atoms with Crippen molar-refractivity contribution in [3.63, 3.8) is 0 Å². The number of likely N-dealkylation sites (tertiary alicyclic amines) is 1. The summed E-state index contributed by atoms with van der Waals surface area (Å²) in [6.45, 7) is 6.45. The maximum absolute atomic E-state index is 12.7. The zero-order chi connectivity index (χ0) is 19.9. The molecule has 0 saturated carbocycles. The van der Waals surface area contributed by atoms with E-state index in [4.69, 9.17) is 13.9 Å². The van der Waals surface area contributed by atoms with Gasteiger partial charge in [0.15, 0.2) is 11.5 Å². The summed E-state index contributed by atoms with van der Waals surface area (Å²) in [7, 11) is 1.58. The molecule has 1 fully saturated rings. The number of nitrogens with one attached hydrogen (secondary N) is 1. The highest BCUT2D eigenvalue weighted by molar-refractivity contribution is 5.94. The second kappa shape index (κ2) is 9.64. The Balaban J connectivity index is 1.68. The standard InChI is InChI=1S/C22H30N2O4/c1-16(2)28-20-10-9-17(14-21(20)26-3)22(25)23-15-18(19-8-7-13-27-19)24-11-5-4-6-12-24/h7-10,13-14,16,18H,4-6,11-12,15H2,1-3H3,(H,23,25). The number of benzene rings is 1. The lowest BCUT2D eigenvalue weighted by Crippen LogP contribution is -2.40. The fourth-order valence-corrected chi connectivity index (χ4v) is 3.57. The third-order valence-electron chi connectivity index (χ3n) is 4.95. The summed E-state index contributed by atoms with van der Waals surface area (Å²) in [6.07, 6.45) is 5.34. The normalized spacial score (nSPS) is 16.0. The minimum atomic E-state index is -0.136. The smallest absolute Gasteiger partial charge is 0.251 e. The van der Waals surface area contributed by atoms with Crippen LogP contribution in [0.3, 0.4) is 0 Å². The molecule has 3 rings (SSSR count). The lowest BCUT2D eigenvalue weighted by molar-refractivity contribution is 0.0913. The van der Waals surface area contributed by atoms with Crippen molar-refractivity contribution in [3.05, 3.63) is 47.9 Å². The van der Waals surface area contributed by atoms with Gasteiger partial charge >= 0.3 is 0 Å². The number of carbonyl (C=O) groups is 1. The van der Waals surface area contributed by atoms with Crippen LogP contribution in [0.25, 0.3) is 0 Å². The largest absolute Gasteiger partial charge is 0.493 e. The van der Waals surface area contributed by atoms with Crippen molar-refractivity contribution in [3.8, 4) is 11.5 Å². The van der Waals surface area contributed by atoms with Gasteiger partial charge in [-0.3, -0.25) is 9.69 Å². The Morgan fingerprint density at radius 2 is 1.96 bits per heavy atom. The van der Waals surface area contributed by atoms with Crippen molar-refractivity contribution in [1.29, 1.82) is 0 Å². The first kappa shape index (κ1) is 20.3. The topological polar surface area (TPSA) is 63.9 Å². The molecule has 0 spiro atoms. The average Bonchev–Trinajstić information content (AvgIpc) is 3.23. The molecule has 28 heavy (non-hydrogen) atoms. The fraction of sp³-hybridized carbons (Fsp3) is 0.500. The van der Waals surface area contributed by atoms with Gasteiger partial charge in [-0.25, -0.2) is 0 Å². The molecular weight excluding hydrogens is 356 g/mol. The predicted octanol–water partition coefficient (Wildman–Crippen LogP) is 4.03. The number of hydrogen-bond donors (Lipinski definition) is 1. The number of piperidine rings is 1. The summed E-state index contributed by atoms with van der Waals surface area (Å²) in [5.41, 5.74) is 0.546. The second-order valence-corrected chi connectivity index (χ2v) is 7.37. The monoisotopic (exact) mass is 386 g/mol. The second-order valence-electron chi connectivity index (χ2n) is 7.37. The van der Waals surface area contributed by atoms with Crippen molar-refractivity contribution < 1.29 is 18.7 Å². The molecule has 1 aliphatic rings. The van der Waals surface area contributed by atoms with Crippen molar-refractivity contribution in [1.82, 2.24) is 10.2 Å². The number of ether oxygens (including phenoxy) is 2. The van der Waals surface area contributed by atoms with E-state index in [1.807, 2.05) is 26.0 Å². The SMILES string of the molecule is COc1cc(C(=O)NCC(c2ccco2)N2CCCCC2)ccc1OC(C)C. The Bertz CT molecular complexity index is 752. The number of carbonyl (C=O) groups excluding carboxylic acids is 1. The Hall–Kier alpha value is -2.47. The highest BCUT2D eigenvalue weighted by atomic mass is 16.5. The molecule has 1 aliphatic heterocycles. The van der Waals surface area contributed by atoms with Crippen molar-refractivity contribution in [2.45, 2.75) is 45.3 Å². The molecule has 1 N–H and O–H groups in total. The minimum absolute atomic E-state index is 0.0344.